The Labute approximate surface area is 143 Å². The number of carboxylic acids is 1. The van der Waals surface area contributed by atoms with Crippen molar-refractivity contribution >= 4 is 17.7 Å². The van der Waals surface area contributed by atoms with Crippen LogP contribution in [0.5, 0.6) is 0 Å². The van der Waals surface area contributed by atoms with Gasteiger partial charge < -0.3 is 25.6 Å². The summed E-state index contributed by atoms with van der Waals surface area (Å²) < 4.78 is 10.1. The van der Waals surface area contributed by atoms with Crippen LogP contribution in [-0.4, -0.2) is 62.3 Å². The van der Waals surface area contributed by atoms with Crippen LogP contribution in [0, 0.1) is 5.92 Å². The summed E-state index contributed by atoms with van der Waals surface area (Å²) >= 11 is 0. The molecule has 0 aromatic carbocycles. The quantitative estimate of drug-likeness (QED) is 0.365. The third-order valence-electron chi connectivity index (χ3n) is 3.52. The first kappa shape index (κ1) is 22.5. The van der Waals surface area contributed by atoms with E-state index in [1.54, 1.807) is 7.11 Å². The molecule has 24 heavy (non-hydrogen) atoms. The first-order valence-electron chi connectivity index (χ1n) is 8.26. The molecule has 0 saturated heterocycles. The molecule has 140 valence electrons. The second-order valence-corrected chi connectivity index (χ2v) is 5.59. The van der Waals surface area contributed by atoms with E-state index in [0.717, 1.165) is 6.42 Å². The van der Waals surface area contributed by atoms with Crippen molar-refractivity contribution in [3.05, 3.63) is 0 Å². The molecule has 0 heterocycles. The molecule has 0 fully saturated rings. The molecule has 0 radical (unpaired) electrons. The van der Waals surface area contributed by atoms with E-state index in [2.05, 4.69) is 5.32 Å². The average Bonchev–Trinajstić information content (AvgIpc) is 2.54. The molecule has 0 bridgehead atoms. The third kappa shape index (κ3) is 11.1. The van der Waals surface area contributed by atoms with E-state index in [1.165, 1.54) is 0 Å². The van der Waals surface area contributed by atoms with Gasteiger partial charge in [-0.15, -0.1) is 0 Å². The number of nitrogens with two attached hydrogens (primary N) is 1. The van der Waals surface area contributed by atoms with Gasteiger partial charge in [0.1, 0.15) is 5.78 Å². The number of Topliss-reactive ketones (excluding diaryl/α,β-unsaturated/α-hetero) is 1. The predicted molar refractivity (Wildman–Crippen MR) is 88.6 cm³/mol. The second kappa shape index (κ2) is 13.9. The lowest BCUT2D eigenvalue weighted by Crippen LogP contribution is -2.38. The monoisotopic (exact) mass is 346 g/mol. The van der Waals surface area contributed by atoms with Crippen molar-refractivity contribution in [2.45, 2.75) is 45.1 Å². The molecule has 1 amide bonds. The predicted octanol–water partition coefficient (Wildman–Crippen LogP) is 0.333. The Morgan fingerprint density at radius 3 is 2.46 bits per heavy atom. The number of methoxy groups -OCH3 is 1. The minimum atomic E-state index is -0.999. The third-order valence-corrected chi connectivity index (χ3v) is 3.52. The molecule has 0 rings (SSSR count). The minimum absolute atomic E-state index is 0.0369. The van der Waals surface area contributed by atoms with Crippen LogP contribution in [0.4, 0.5) is 0 Å². The number of hydrogen-bond acceptors (Lipinski definition) is 6. The summed E-state index contributed by atoms with van der Waals surface area (Å²) in [4.78, 5) is 35.0. The Balaban J connectivity index is 4.38. The van der Waals surface area contributed by atoms with Gasteiger partial charge in [-0.25, -0.2) is 0 Å². The van der Waals surface area contributed by atoms with Crippen molar-refractivity contribution in [2.75, 3.05) is 33.5 Å². The summed E-state index contributed by atoms with van der Waals surface area (Å²) in [6.45, 7) is 3.44. The van der Waals surface area contributed by atoms with Crippen LogP contribution >= 0.6 is 0 Å². The van der Waals surface area contributed by atoms with Gasteiger partial charge in [-0.1, -0.05) is 13.3 Å². The molecule has 4 N–H and O–H groups in total. The van der Waals surface area contributed by atoms with Crippen molar-refractivity contribution in [2.24, 2.45) is 11.7 Å². The number of ether oxygens (including phenoxy) is 2. The Morgan fingerprint density at radius 1 is 1.17 bits per heavy atom. The van der Waals surface area contributed by atoms with E-state index in [-0.39, 0.29) is 31.0 Å². The topological polar surface area (TPSA) is 128 Å². The Bertz CT molecular complexity index is 389. The van der Waals surface area contributed by atoms with Crippen molar-refractivity contribution in [3.8, 4) is 0 Å². The Hall–Kier alpha value is -1.51. The summed E-state index contributed by atoms with van der Waals surface area (Å²) in [5, 5.41) is 11.5. The SMILES string of the molecule is CCCC(N)C(=O)CC(CCC(=O)O)C(=O)NCCOCCOC. The van der Waals surface area contributed by atoms with Gasteiger partial charge in [-0.3, -0.25) is 14.4 Å². The van der Waals surface area contributed by atoms with Crippen LogP contribution in [0.2, 0.25) is 0 Å². The van der Waals surface area contributed by atoms with Gasteiger partial charge in [-0.05, 0) is 12.8 Å². The normalized spacial score (nSPS) is 13.3. The number of carbonyl (C=O) groups excluding carboxylic acids is 2. The van der Waals surface area contributed by atoms with Crippen molar-refractivity contribution < 1.29 is 29.0 Å². The molecule has 0 aromatic heterocycles. The number of aliphatic carboxylic acids is 1. The number of hydrogen-bond donors (Lipinski definition) is 3. The highest BCUT2D eigenvalue weighted by molar-refractivity contribution is 5.89. The highest BCUT2D eigenvalue weighted by Crippen LogP contribution is 2.14. The second-order valence-electron chi connectivity index (χ2n) is 5.59. The molecule has 8 heteroatoms. The molecule has 0 aliphatic heterocycles. The molecular weight excluding hydrogens is 316 g/mol. The van der Waals surface area contributed by atoms with Crippen molar-refractivity contribution in [1.29, 1.82) is 0 Å². The zero-order valence-corrected chi connectivity index (χ0v) is 14.6. The van der Waals surface area contributed by atoms with Crippen LogP contribution in [0.15, 0.2) is 0 Å². The summed E-state index contributed by atoms with van der Waals surface area (Å²) in [5.41, 5.74) is 5.77. The maximum Gasteiger partial charge on any atom is 0.303 e. The maximum absolute atomic E-state index is 12.2. The smallest absolute Gasteiger partial charge is 0.303 e. The molecule has 0 aliphatic rings. The first-order valence-corrected chi connectivity index (χ1v) is 8.26. The number of rotatable bonds is 15. The van der Waals surface area contributed by atoms with Crippen molar-refractivity contribution in [1.82, 2.24) is 5.32 Å². The van der Waals surface area contributed by atoms with Gasteiger partial charge in [0, 0.05) is 32.4 Å². The maximum atomic E-state index is 12.2. The molecule has 2 atom stereocenters. The van der Waals surface area contributed by atoms with Crippen LogP contribution in [0.3, 0.4) is 0 Å². The van der Waals surface area contributed by atoms with Crippen molar-refractivity contribution in [3.63, 3.8) is 0 Å². The van der Waals surface area contributed by atoms with Gasteiger partial charge in [0.05, 0.1) is 25.9 Å². The lowest BCUT2D eigenvalue weighted by molar-refractivity contribution is -0.138. The van der Waals surface area contributed by atoms with Gasteiger partial charge in [-0.2, -0.15) is 0 Å². The van der Waals surface area contributed by atoms with E-state index >= 15 is 0 Å². The molecule has 0 aromatic rings. The number of amides is 1. The lowest BCUT2D eigenvalue weighted by atomic mass is 9.92. The molecule has 0 saturated carbocycles. The first-order chi connectivity index (χ1) is 11.4. The van der Waals surface area contributed by atoms with Crippen LogP contribution in [0.1, 0.15) is 39.0 Å². The fourth-order valence-electron chi connectivity index (χ4n) is 2.12. The fourth-order valence-corrected chi connectivity index (χ4v) is 2.12. The van der Waals surface area contributed by atoms with Gasteiger partial charge >= 0.3 is 5.97 Å². The average molecular weight is 346 g/mol. The summed E-state index contributed by atoms with van der Waals surface area (Å²) in [6, 6.07) is -0.604. The van der Waals surface area contributed by atoms with E-state index in [9.17, 15) is 14.4 Å². The summed E-state index contributed by atoms with van der Waals surface area (Å²) in [7, 11) is 1.57. The number of carboxylic acid groups (broad SMARTS) is 1. The summed E-state index contributed by atoms with van der Waals surface area (Å²) in [5.74, 6) is -2.24. The largest absolute Gasteiger partial charge is 0.481 e. The Kier molecular flexibility index (Phi) is 13.0. The van der Waals surface area contributed by atoms with E-state index in [1.807, 2.05) is 6.92 Å². The molecule has 8 nitrogen and oxygen atoms in total. The van der Waals surface area contributed by atoms with Crippen LogP contribution < -0.4 is 11.1 Å². The van der Waals surface area contributed by atoms with Gasteiger partial charge in [0.2, 0.25) is 5.91 Å². The zero-order chi connectivity index (χ0) is 18.4. The standard InChI is InChI=1S/C16H30N2O6/c1-3-4-13(17)14(19)11-12(5-6-15(20)21)16(22)18-7-8-24-10-9-23-2/h12-13H,3-11,17H2,1-2H3,(H,18,22)(H,20,21). The number of carbonyl (C=O) groups is 3. The van der Waals surface area contributed by atoms with Gasteiger partial charge in [0.25, 0.3) is 0 Å². The van der Waals surface area contributed by atoms with E-state index < -0.39 is 17.9 Å². The molecular formula is C16H30N2O6. The van der Waals surface area contributed by atoms with Gasteiger partial charge in [0.15, 0.2) is 0 Å². The number of nitrogens with one attached hydrogen (secondary N) is 1. The highest BCUT2D eigenvalue weighted by atomic mass is 16.5. The molecule has 2 unspecified atom stereocenters. The molecule has 0 aliphatic carbocycles. The lowest BCUT2D eigenvalue weighted by Gasteiger charge is -2.17. The minimum Gasteiger partial charge on any atom is -0.481 e. The number of ketones is 1. The van der Waals surface area contributed by atoms with Crippen LogP contribution in [0.25, 0.3) is 0 Å². The molecule has 0 spiro atoms. The summed E-state index contributed by atoms with van der Waals surface area (Å²) in [6.07, 6.45) is 1.23. The zero-order valence-electron chi connectivity index (χ0n) is 14.6. The van der Waals surface area contributed by atoms with E-state index in [0.29, 0.717) is 32.8 Å². The van der Waals surface area contributed by atoms with E-state index in [4.69, 9.17) is 20.3 Å². The fraction of sp³-hybridized carbons (Fsp3) is 0.812. The van der Waals surface area contributed by atoms with Crippen LogP contribution in [-0.2, 0) is 23.9 Å². The highest BCUT2D eigenvalue weighted by Gasteiger charge is 2.25. The Morgan fingerprint density at radius 2 is 1.88 bits per heavy atom.